The molecule has 0 fully saturated rings. The molecule has 3 aromatic rings. The van der Waals surface area contributed by atoms with Gasteiger partial charge < -0.3 is 5.73 Å². The normalized spacial score (nSPS) is 13.5. The maximum atomic E-state index is 6.07. The van der Waals surface area contributed by atoms with Crippen LogP contribution in [0, 0.1) is 6.92 Å². The number of thioether (sulfide) groups is 1. The number of rotatable bonds is 2. The van der Waals surface area contributed by atoms with Gasteiger partial charge in [-0.2, -0.15) is 9.78 Å². The Morgan fingerprint density at radius 1 is 1.04 bits per heavy atom. The maximum Gasteiger partial charge on any atom is 0.212 e. The fraction of sp³-hybridized carbons (Fsp3) is 0.118. The van der Waals surface area contributed by atoms with E-state index in [4.69, 9.17) is 10.8 Å². The molecule has 0 aliphatic carbocycles. The molecule has 0 bridgehead atoms. The summed E-state index contributed by atoms with van der Waals surface area (Å²) in [5.74, 6) is 1.46. The summed E-state index contributed by atoms with van der Waals surface area (Å²) in [5.41, 5.74) is 11.0. The highest BCUT2D eigenvalue weighted by Crippen LogP contribution is 2.30. The third-order valence-electron chi connectivity index (χ3n) is 3.76. The molecule has 1 aliphatic rings. The molecule has 6 heteroatoms. The number of benzene rings is 2. The van der Waals surface area contributed by atoms with E-state index in [2.05, 4.69) is 41.4 Å². The molecule has 0 amide bonds. The molecule has 0 saturated heterocycles. The van der Waals surface area contributed by atoms with Gasteiger partial charge in [-0.25, -0.2) is 0 Å². The van der Waals surface area contributed by atoms with Gasteiger partial charge in [0.05, 0.1) is 5.71 Å². The predicted octanol–water partition coefficient (Wildman–Crippen LogP) is 3.19. The van der Waals surface area contributed by atoms with Gasteiger partial charge in [-0.15, -0.1) is 10.2 Å². The first-order chi connectivity index (χ1) is 11.2. The lowest BCUT2D eigenvalue weighted by Gasteiger charge is -2.14. The number of hydrogen-bond acceptors (Lipinski definition) is 5. The van der Waals surface area contributed by atoms with Crippen LogP contribution in [0.4, 0.5) is 5.69 Å². The highest BCUT2D eigenvalue weighted by atomic mass is 32.2. The Morgan fingerprint density at radius 3 is 2.61 bits per heavy atom. The Hall–Kier alpha value is -2.60. The van der Waals surface area contributed by atoms with Crippen molar-refractivity contribution in [3.8, 4) is 11.4 Å². The van der Waals surface area contributed by atoms with Crippen molar-refractivity contribution < 1.29 is 0 Å². The van der Waals surface area contributed by atoms with Crippen LogP contribution in [0.5, 0.6) is 0 Å². The molecule has 1 aliphatic heterocycles. The van der Waals surface area contributed by atoms with Crippen LogP contribution in [-0.4, -0.2) is 26.3 Å². The van der Waals surface area contributed by atoms with Crippen LogP contribution >= 0.6 is 11.8 Å². The van der Waals surface area contributed by atoms with Gasteiger partial charge in [0.25, 0.3) is 0 Å². The van der Waals surface area contributed by atoms with Crippen LogP contribution in [0.15, 0.2) is 58.8 Å². The fourth-order valence-electron chi connectivity index (χ4n) is 2.48. The zero-order valence-electron chi connectivity index (χ0n) is 12.6. The summed E-state index contributed by atoms with van der Waals surface area (Å²) >= 11 is 1.63. The first kappa shape index (κ1) is 14.0. The number of anilines is 1. The summed E-state index contributed by atoms with van der Waals surface area (Å²) in [6.45, 7) is 2.08. The Kier molecular flexibility index (Phi) is 3.38. The number of aromatic nitrogens is 3. The third-order valence-corrected chi connectivity index (χ3v) is 4.69. The first-order valence-corrected chi connectivity index (χ1v) is 8.29. The van der Waals surface area contributed by atoms with Crippen LogP contribution in [0.25, 0.3) is 11.4 Å². The van der Waals surface area contributed by atoms with Crippen molar-refractivity contribution in [2.75, 3.05) is 11.5 Å². The summed E-state index contributed by atoms with van der Waals surface area (Å²) < 4.78 is 1.79. The molecule has 1 aromatic heterocycles. The van der Waals surface area contributed by atoms with Crippen molar-refractivity contribution in [2.24, 2.45) is 5.10 Å². The monoisotopic (exact) mass is 321 g/mol. The molecule has 0 radical (unpaired) electrons. The van der Waals surface area contributed by atoms with Gasteiger partial charge in [0.2, 0.25) is 5.16 Å². The van der Waals surface area contributed by atoms with Crippen molar-refractivity contribution in [1.82, 2.24) is 14.9 Å². The Balaban J connectivity index is 1.81. The average molecular weight is 321 g/mol. The SMILES string of the molecule is Cc1ccc(C2=Nn3c(nnc3-c3ccccc3N)SC2)cc1. The minimum absolute atomic E-state index is 0.672. The second kappa shape index (κ2) is 5.55. The number of hydrogen-bond donors (Lipinski definition) is 1. The van der Waals surface area contributed by atoms with E-state index in [1.54, 1.807) is 16.4 Å². The number of nitrogens with zero attached hydrogens (tertiary/aromatic N) is 4. The summed E-state index contributed by atoms with van der Waals surface area (Å²) in [5, 5.41) is 14.1. The van der Waals surface area contributed by atoms with Gasteiger partial charge in [-0.05, 0) is 24.6 Å². The van der Waals surface area contributed by atoms with E-state index in [1.807, 2.05) is 24.3 Å². The van der Waals surface area contributed by atoms with E-state index >= 15 is 0 Å². The van der Waals surface area contributed by atoms with Gasteiger partial charge in [0.15, 0.2) is 5.82 Å². The van der Waals surface area contributed by atoms with Crippen molar-refractivity contribution in [3.63, 3.8) is 0 Å². The van der Waals surface area contributed by atoms with E-state index in [9.17, 15) is 0 Å². The molecule has 5 nitrogen and oxygen atoms in total. The zero-order valence-corrected chi connectivity index (χ0v) is 13.4. The highest BCUT2D eigenvalue weighted by Gasteiger charge is 2.21. The molecule has 4 rings (SSSR count). The summed E-state index contributed by atoms with van der Waals surface area (Å²) in [6, 6.07) is 16.0. The molecule has 0 spiro atoms. The molecule has 114 valence electrons. The van der Waals surface area contributed by atoms with Crippen LogP contribution in [0.2, 0.25) is 0 Å². The standard InChI is InChI=1S/C17H15N5S/c1-11-6-8-12(9-7-11)15-10-23-17-20-19-16(22(17)21-15)13-4-2-3-5-14(13)18/h2-9H,10,18H2,1H3. The minimum Gasteiger partial charge on any atom is -0.398 e. The Bertz CT molecular complexity index is 896. The minimum atomic E-state index is 0.672. The summed E-state index contributed by atoms with van der Waals surface area (Å²) in [6.07, 6.45) is 0. The molecule has 2 N–H and O–H groups in total. The largest absolute Gasteiger partial charge is 0.398 e. The van der Waals surface area contributed by atoms with E-state index < -0.39 is 0 Å². The molecule has 0 atom stereocenters. The van der Waals surface area contributed by atoms with Gasteiger partial charge >= 0.3 is 0 Å². The molecule has 2 aromatic carbocycles. The zero-order chi connectivity index (χ0) is 15.8. The maximum absolute atomic E-state index is 6.07. The molecule has 2 heterocycles. The van der Waals surface area contributed by atoms with Crippen molar-refractivity contribution in [1.29, 1.82) is 0 Å². The number of nitrogen functional groups attached to an aromatic ring is 1. The topological polar surface area (TPSA) is 69.1 Å². The Morgan fingerprint density at radius 2 is 1.83 bits per heavy atom. The van der Waals surface area contributed by atoms with E-state index in [1.165, 1.54) is 5.56 Å². The lowest BCUT2D eigenvalue weighted by atomic mass is 10.1. The number of aryl methyl sites for hydroxylation is 1. The first-order valence-electron chi connectivity index (χ1n) is 7.30. The van der Waals surface area contributed by atoms with E-state index in [0.29, 0.717) is 11.5 Å². The van der Waals surface area contributed by atoms with Crippen LogP contribution in [-0.2, 0) is 0 Å². The van der Waals surface area contributed by atoms with E-state index in [0.717, 1.165) is 27.7 Å². The quantitative estimate of drug-likeness (QED) is 0.736. The second-order valence-electron chi connectivity index (χ2n) is 5.41. The van der Waals surface area contributed by atoms with Crippen molar-refractivity contribution in [2.45, 2.75) is 12.1 Å². The lowest BCUT2D eigenvalue weighted by molar-refractivity contribution is 0.762. The lowest BCUT2D eigenvalue weighted by Crippen LogP contribution is -2.14. The van der Waals surface area contributed by atoms with Gasteiger partial charge in [0, 0.05) is 17.0 Å². The van der Waals surface area contributed by atoms with E-state index in [-0.39, 0.29) is 0 Å². The third kappa shape index (κ3) is 2.51. The number of para-hydroxylation sites is 1. The second-order valence-corrected chi connectivity index (χ2v) is 6.35. The molecule has 0 saturated carbocycles. The van der Waals surface area contributed by atoms with Crippen LogP contribution < -0.4 is 5.73 Å². The van der Waals surface area contributed by atoms with Crippen molar-refractivity contribution in [3.05, 3.63) is 59.7 Å². The Labute approximate surface area is 138 Å². The molecule has 23 heavy (non-hydrogen) atoms. The highest BCUT2D eigenvalue weighted by molar-refractivity contribution is 7.99. The number of nitrogens with two attached hydrogens (primary N) is 1. The summed E-state index contributed by atoms with van der Waals surface area (Å²) in [7, 11) is 0. The fourth-order valence-corrected chi connectivity index (χ4v) is 3.32. The predicted molar refractivity (Wildman–Crippen MR) is 93.7 cm³/mol. The van der Waals surface area contributed by atoms with Gasteiger partial charge in [0.1, 0.15) is 0 Å². The average Bonchev–Trinajstić information content (AvgIpc) is 2.99. The van der Waals surface area contributed by atoms with Gasteiger partial charge in [-0.1, -0.05) is 53.7 Å². The van der Waals surface area contributed by atoms with Gasteiger partial charge in [-0.3, -0.25) is 0 Å². The molecular weight excluding hydrogens is 306 g/mol. The molecular formula is C17H15N5S. The van der Waals surface area contributed by atoms with Crippen LogP contribution in [0.3, 0.4) is 0 Å². The molecule has 0 unspecified atom stereocenters. The van der Waals surface area contributed by atoms with Crippen molar-refractivity contribution >= 4 is 23.2 Å². The number of fused-ring (bicyclic) bond motifs is 1. The van der Waals surface area contributed by atoms with Crippen LogP contribution in [0.1, 0.15) is 11.1 Å². The summed E-state index contributed by atoms with van der Waals surface area (Å²) in [4.78, 5) is 0. The smallest absolute Gasteiger partial charge is 0.212 e.